The molecule has 2 amide bonds. The zero-order valence-electron chi connectivity index (χ0n) is 15.5. The minimum atomic E-state index is -3.84. The van der Waals surface area contributed by atoms with Gasteiger partial charge in [0.05, 0.1) is 23.1 Å². The molecule has 8 heteroatoms. The average molecular weight is 402 g/mol. The predicted octanol–water partition coefficient (Wildman–Crippen LogP) is 2.56. The zero-order chi connectivity index (χ0) is 20.3. The fourth-order valence-corrected chi connectivity index (χ4v) is 3.59. The summed E-state index contributed by atoms with van der Waals surface area (Å²) in [6.07, 6.45) is 2.08. The van der Waals surface area contributed by atoms with Gasteiger partial charge in [-0.3, -0.25) is 14.5 Å². The molecule has 0 spiro atoms. The van der Waals surface area contributed by atoms with Crippen molar-refractivity contribution in [1.29, 1.82) is 0 Å². The number of hydrogen-bond acceptors (Lipinski definition) is 5. The van der Waals surface area contributed by atoms with Crippen LogP contribution in [0.4, 0.5) is 5.69 Å². The van der Waals surface area contributed by atoms with Crippen LogP contribution >= 0.6 is 0 Å². The third kappa shape index (κ3) is 4.23. The summed E-state index contributed by atoms with van der Waals surface area (Å²) < 4.78 is 28.3. The highest BCUT2D eigenvalue weighted by Crippen LogP contribution is 2.34. The van der Waals surface area contributed by atoms with Crippen LogP contribution in [0.5, 0.6) is 5.75 Å². The molecule has 7 nitrogen and oxygen atoms in total. The van der Waals surface area contributed by atoms with Crippen LogP contribution < -0.4 is 14.8 Å². The Hall–Kier alpha value is -2.71. The molecule has 0 aromatic heterocycles. The summed E-state index contributed by atoms with van der Waals surface area (Å²) in [4.78, 5) is 26.3. The number of primary sulfonamides is 1. The van der Waals surface area contributed by atoms with Crippen molar-refractivity contribution in [1.82, 2.24) is 0 Å². The Labute approximate surface area is 164 Å². The molecule has 1 atom stereocenters. The lowest BCUT2D eigenvalue weighted by Gasteiger charge is -2.15. The maximum Gasteiger partial charge on any atom is 0.241 e. The fraction of sp³-hybridized carbons (Fsp3) is 0.300. The Bertz CT molecular complexity index is 969. The molecule has 0 saturated carbocycles. The van der Waals surface area contributed by atoms with Crippen LogP contribution in [-0.4, -0.2) is 26.8 Å². The number of carbonyl (C=O) groups excluding carboxylic acids is 2. The minimum absolute atomic E-state index is 0.0613. The molecule has 2 N–H and O–H groups in total. The zero-order valence-corrected chi connectivity index (χ0v) is 16.3. The summed E-state index contributed by atoms with van der Waals surface area (Å²) in [5.74, 6) is -0.519. The molecule has 0 bridgehead atoms. The molecule has 1 aliphatic rings. The van der Waals surface area contributed by atoms with Crippen molar-refractivity contribution in [3.05, 3.63) is 54.1 Å². The normalized spacial score (nSPS) is 17.2. The van der Waals surface area contributed by atoms with Crippen LogP contribution in [0.25, 0.3) is 0 Å². The van der Waals surface area contributed by atoms with Gasteiger partial charge in [-0.05, 0) is 48.4 Å². The molecule has 148 valence electrons. The highest BCUT2D eigenvalue weighted by Gasteiger charge is 2.40. The van der Waals surface area contributed by atoms with Gasteiger partial charge in [0.1, 0.15) is 5.75 Å². The first-order chi connectivity index (χ1) is 13.3. The molecule has 1 fully saturated rings. The van der Waals surface area contributed by atoms with Crippen molar-refractivity contribution < 1.29 is 22.7 Å². The van der Waals surface area contributed by atoms with E-state index in [0.717, 1.165) is 29.1 Å². The highest BCUT2D eigenvalue weighted by molar-refractivity contribution is 7.89. The Morgan fingerprint density at radius 3 is 2.29 bits per heavy atom. The molecule has 1 heterocycles. The molecular weight excluding hydrogens is 380 g/mol. The van der Waals surface area contributed by atoms with Crippen molar-refractivity contribution in [2.75, 3.05) is 11.5 Å². The number of hydrogen-bond donors (Lipinski definition) is 1. The van der Waals surface area contributed by atoms with E-state index in [0.29, 0.717) is 12.3 Å². The number of unbranched alkanes of at least 4 members (excludes halogenated alkanes) is 1. The lowest BCUT2D eigenvalue weighted by atomic mass is 9.97. The number of rotatable bonds is 7. The Morgan fingerprint density at radius 1 is 1.07 bits per heavy atom. The van der Waals surface area contributed by atoms with Crippen molar-refractivity contribution in [3.63, 3.8) is 0 Å². The van der Waals surface area contributed by atoms with Gasteiger partial charge in [0.2, 0.25) is 21.8 Å². The second-order valence-corrected chi connectivity index (χ2v) is 8.20. The molecule has 3 rings (SSSR count). The number of sulfonamides is 1. The second kappa shape index (κ2) is 8.12. The van der Waals surface area contributed by atoms with E-state index in [4.69, 9.17) is 9.88 Å². The van der Waals surface area contributed by atoms with Crippen LogP contribution in [0.2, 0.25) is 0 Å². The summed E-state index contributed by atoms with van der Waals surface area (Å²) in [5, 5.41) is 5.08. The quantitative estimate of drug-likeness (QED) is 0.566. The standard InChI is InChI=1S/C20H22N2O5S/c1-2-3-12-27-16-8-4-14(5-9-16)18-13-19(23)22(20(18)24)15-6-10-17(11-7-15)28(21,25)26/h4-11,18H,2-3,12-13H2,1H3,(H2,21,25,26). The van der Waals surface area contributed by atoms with Crippen molar-refractivity contribution in [2.45, 2.75) is 37.0 Å². The van der Waals surface area contributed by atoms with E-state index in [1.807, 2.05) is 0 Å². The summed E-state index contributed by atoms with van der Waals surface area (Å²) in [6.45, 7) is 2.72. The fourth-order valence-electron chi connectivity index (χ4n) is 3.08. The van der Waals surface area contributed by atoms with Crippen molar-refractivity contribution in [3.8, 4) is 5.75 Å². The van der Waals surface area contributed by atoms with E-state index in [1.165, 1.54) is 24.3 Å². The molecule has 2 aromatic rings. The van der Waals surface area contributed by atoms with Crippen LogP contribution in [0.1, 0.15) is 37.7 Å². The first kappa shape index (κ1) is 20.0. The monoisotopic (exact) mass is 402 g/mol. The number of ether oxygens (including phenoxy) is 1. The molecule has 0 aliphatic carbocycles. The number of carbonyl (C=O) groups is 2. The van der Waals surface area contributed by atoms with Crippen LogP contribution in [0, 0.1) is 0 Å². The first-order valence-corrected chi connectivity index (χ1v) is 10.6. The number of imide groups is 1. The largest absolute Gasteiger partial charge is 0.494 e. The molecule has 0 radical (unpaired) electrons. The lowest BCUT2D eigenvalue weighted by molar-refractivity contribution is -0.121. The third-order valence-electron chi connectivity index (χ3n) is 4.62. The highest BCUT2D eigenvalue weighted by atomic mass is 32.2. The van der Waals surface area contributed by atoms with Gasteiger partial charge in [0, 0.05) is 6.42 Å². The topological polar surface area (TPSA) is 107 Å². The molecule has 1 saturated heterocycles. The van der Waals surface area contributed by atoms with E-state index in [-0.39, 0.29) is 23.1 Å². The van der Waals surface area contributed by atoms with E-state index in [9.17, 15) is 18.0 Å². The van der Waals surface area contributed by atoms with Gasteiger partial charge in [-0.25, -0.2) is 13.6 Å². The van der Waals surface area contributed by atoms with Gasteiger partial charge >= 0.3 is 0 Å². The van der Waals surface area contributed by atoms with E-state index in [1.54, 1.807) is 24.3 Å². The molecule has 28 heavy (non-hydrogen) atoms. The van der Waals surface area contributed by atoms with Crippen molar-refractivity contribution in [2.24, 2.45) is 5.14 Å². The van der Waals surface area contributed by atoms with E-state index >= 15 is 0 Å². The Kier molecular flexibility index (Phi) is 5.81. The van der Waals surface area contributed by atoms with Gasteiger partial charge in [-0.2, -0.15) is 0 Å². The summed E-state index contributed by atoms with van der Waals surface area (Å²) >= 11 is 0. The Balaban J connectivity index is 1.76. The number of nitrogens with two attached hydrogens (primary N) is 1. The van der Waals surface area contributed by atoms with Gasteiger partial charge in [0.15, 0.2) is 0 Å². The number of amides is 2. The summed E-state index contributed by atoms with van der Waals surface area (Å²) in [5.41, 5.74) is 1.06. The van der Waals surface area contributed by atoms with Crippen LogP contribution in [0.3, 0.4) is 0 Å². The number of nitrogens with zero attached hydrogens (tertiary/aromatic N) is 1. The van der Waals surface area contributed by atoms with E-state index < -0.39 is 15.9 Å². The van der Waals surface area contributed by atoms with Crippen LogP contribution in [0.15, 0.2) is 53.4 Å². The molecule has 2 aromatic carbocycles. The van der Waals surface area contributed by atoms with Gasteiger partial charge < -0.3 is 4.74 Å². The molecular formula is C20H22N2O5S. The van der Waals surface area contributed by atoms with Crippen LogP contribution in [-0.2, 0) is 19.6 Å². The Morgan fingerprint density at radius 2 is 1.71 bits per heavy atom. The third-order valence-corrected chi connectivity index (χ3v) is 5.55. The maximum atomic E-state index is 12.8. The number of benzene rings is 2. The number of anilines is 1. The summed E-state index contributed by atoms with van der Waals surface area (Å²) in [6, 6.07) is 12.6. The average Bonchev–Trinajstić information content (AvgIpc) is 2.96. The minimum Gasteiger partial charge on any atom is -0.494 e. The second-order valence-electron chi connectivity index (χ2n) is 6.63. The first-order valence-electron chi connectivity index (χ1n) is 9.03. The van der Waals surface area contributed by atoms with Gasteiger partial charge in [0.25, 0.3) is 0 Å². The summed E-state index contributed by atoms with van der Waals surface area (Å²) in [7, 11) is -3.84. The van der Waals surface area contributed by atoms with Crippen molar-refractivity contribution >= 4 is 27.5 Å². The lowest BCUT2D eigenvalue weighted by Crippen LogP contribution is -2.30. The van der Waals surface area contributed by atoms with E-state index in [2.05, 4.69) is 6.92 Å². The predicted molar refractivity (Wildman–Crippen MR) is 105 cm³/mol. The van der Waals surface area contributed by atoms with Gasteiger partial charge in [-0.15, -0.1) is 0 Å². The smallest absolute Gasteiger partial charge is 0.241 e. The SMILES string of the molecule is CCCCOc1ccc(C2CC(=O)N(c3ccc(S(N)(=O)=O)cc3)C2=O)cc1. The molecule has 1 aliphatic heterocycles. The van der Waals surface area contributed by atoms with Gasteiger partial charge in [-0.1, -0.05) is 25.5 Å². The molecule has 1 unspecified atom stereocenters. The maximum absolute atomic E-state index is 12.8.